The van der Waals surface area contributed by atoms with Crippen LogP contribution in [0.15, 0.2) is 23.2 Å². The standard InChI is InChI=1S/C12H20N4O2S/c1-10-9-16(6-5-15(10)2)19(17,18)12-4-3-11(7-13)14-8-12/h3-4,8,10H,5-7,9,13H2,1-2H3. The zero-order valence-electron chi connectivity index (χ0n) is 11.3. The molecule has 2 rings (SSSR count). The van der Waals surface area contributed by atoms with Crippen molar-refractivity contribution >= 4 is 10.0 Å². The Balaban J connectivity index is 2.21. The topological polar surface area (TPSA) is 79.5 Å². The molecule has 0 radical (unpaired) electrons. The van der Waals surface area contributed by atoms with Gasteiger partial charge in [0.1, 0.15) is 4.90 Å². The van der Waals surface area contributed by atoms with Gasteiger partial charge < -0.3 is 10.6 Å². The Morgan fingerprint density at radius 1 is 1.42 bits per heavy atom. The second kappa shape index (κ2) is 5.54. The molecule has 0 amide bonds. The molecule has 7 heteroatoms. The van der Waals surface area contributed by atoms with Crippen LogP contribution in [0.5, 0.6) is 0 Å². The maximum absolute atomic E-state index is 12.5. The predicted octanol–water partition coefficient (Wildman–Crippen LogP) is -0.135. The molecule has 0 bridgehead atoms. The van der Waals surface area contributed by atoms with Crippen LogP contribution in [0, 0.1) is 0 Å². The predicted molar refractivity (Wildman–Crippen MR) is 73.0 cm³/mol. The number of hydrogen-bond donors (Lipinski definition) is 1. The van der Waals surface area contributed by atoms with Crippen molar-refractivity contribution in [2.75, 3.05) is 26.7 Å². The van der Waals surface area contributed by atoms with Crippen LogP contribution in [-0.2, 0) is 16.6 Å². The first-order valence-electron chi connectivity index (χ1n) is 6.30. The Hall–Kier alpha value is -1.02. The molecule has 1 aromatic rings. The van der Waals surface area contributed by atoms with E-state index in [2.05, 4.69) is 9.88 Å². The first-order chi connectivity index (χ1) is 8.95. The van der Waals surface area contributed by atoms with Gasteiger partial charge in [0.25, 0.3) is 0 Å². The van der Waals surface area contributed by atoms with Gasteiger partial charge in [0, 0.05) is 38.4 Å². The first kappa shape index (κ1) is 14.4. The van der Waals surface area contributed by atoms with Gasteiger partial charge in [-0.05, 0) is 26.1 Å². The number of likely N-dealkylation sites (N-methyl/N-ethyl adjacent to an activating group) is 1. The van der Waals surface area contributed by atoms with Gasteiger partial charge in [-0.2, -0.15) is 4.31 Å². The first-order valence-corrected chi connectivity index (χ1v) is 7.74. The van der Waals surface area contributed by atoms with Crippen LogP contribution in [-0.4, -0.2) is 55.3 Å². The molecule has 1 unspecified atom stereocenters. The van der Waals surface area contributed by atoms with Crippen LogP contribution < -0.4 is 5.73 Å². The molecule has 19 heavy (non-hydrogen) atoms. The van der Waals surface area contributed by atoms with Crippen molar-refractivity contribution in [1.29, 1.82) is 0 Å². The molecule has 1 aliphatic heterocycles. The average molecular weight is 284 g/mol. The van der Waals surface area contributed by atoms with Crippen LogP contribution in [0.1, 0.15) is 12.6 Å². The number of pyridine rings is 1. The summed E-state index contributed by atoms with van der Waals surface area (Å²) < 4.78 is 26.5. The van der Waals surface area contributed by atoms with E-state index in [-0.39, 0.29) is 10.9 Å². The minimum Gasteiger partial charge on any atom is -0.325 e. The van der Waals surface area contributed by atoms with E-state index in [4.69, 9.17) is 5.73 Å². The van der Waals surface area contributed by atoms with Gasteiger partial charge in [0.2, 0.25) is 10.0 Å². The van der Waals surface area contributed by atoms with Gasteiger partial charge in [0.05, 0.1) is 5.69 Å². The number of piperazine rings is 1. The Kier molecular flexibility index (Phi) is 4.19. The number of nitrogens with zero attached hydrogens (tertiary/aromatic N) is 3. The van der Waals surface area contributed by atoms with E-state index >= 15 is 0 Å². The summed E-state index contributed by atoms with van der Waals surface area (Å²) in [5.74, 6) is 0. The lowest BCUT2D eigenvalue weighted by Gasteiger charge is -2.36. The minimum atomic E-state index is -3.44. The van der Waals surface area contributed by atoms with Crippen molar-refractivity contribution in [1.82, 2.24) is 14.2 Å². The molecule has 0 aromatic carbocycles. The van der Waals surface area contributed by atoms with E-state index in [0.29, 0.717) is 25.3 Å². The summed E-state index contributed by atoms with van der Waals surface area (Å²) in [5.41, 5.74) is 6.14. The monoisotopic (exact) mass is 284 g/mol. The fraction of sp³-hybridized carbons (Fsp3) is 0.583. The molecule has 1 aliphatic rings. The molecule has 1 atom stereocenters. The van der Waals surface area contributed by atoms with E-state index < -0.39 is 10.0 Å². The van der Waals surface area contributed by atoms with Crippen LogP contribution in [0.2, 0.25) is 0 Å². The lowest BCUT2D eigenvalue weighted by molar-refractivity contribution is 0.159. The van der Waals surface area contributed by atoms with Gasteiger partial charge in [-0.1, -0.05) is 0 Å². The van der Waals surface area contributed by atoms with Crippen LogP contribution in [0.4, 0.5) is 0 Å². The Bertz CT molecular complexity index is 529. The SMILES string of the molecule is CC1CN(S(=O)(=O)c2ccc(CN)nc2)CCN1C. The zero-order valence-corrected chi connectivity index (χ0v) is 12.1. The normalized spacial score (nSPS) is 22.6. The maximum Gasteiger partial charge on any atom is 0.244 e. The van der Waals surface area contributed by atoms with E-state index in [1.165, 1.54) is 10.5 Å². The minimum absolute atomic E-state index is 0.222. The van der Waals surface area contributed by atoms with Crippen LogP contribution in [0.25, 0.3) is 0 Å². The summed E-state index contributed by atoms with van der Waals surface area (Å²) in [6.45, 7) is 4.11. The van der Waals surface area contributed by atoms with Crippen molar-refractivity contribution in [3.63, 3.8) is 0 Å². The summed E-state index contributed by atoms with van der Waals surface area (Å²) in [6.07, 6.45) is 1.39. The number of aromatic nitrogens is 1. The molecule has 0 aliphatic carbocycles. The highest BCUT2D eigenvalue weighted by Gasteiger charge is 2.30. The third-order valence-corrected chi connectivity index (χ3v) is 5.42. The molecular weight excluding hydrogens is 264 g/mol. The fourth-order valence-electron chi connectivity index (χ4n) is 2.07. The van der Waals surface area contributed by atoms with Crippen molar-refractivity contribution in [3.8, 4) is 0 Å². The molecule has 6 nitrogen and oxygen atoms in total. The molecule has 1 fully saturated rings. The summed E-state index contributed by atoms with van der Waals surface area (Å²) in [5, 5.41) is 0. The fourth-order valence-corrected chi connectivity index (χ4v) is 3.52. The van der Waals surface area contributed by atoms with E-state index in [1.807, 2.05) is 14.0 Å². The van der Waals surface area contributed by atoms with E-state index in [1.54, 1.807) is 12.1 Å². The largest absolute Gasteiger partial charge is 0.325 e. The van der Waals surface area contributed by atoms with Gasteiger partial charge >= 0.3 is 0 Å². The third-order valence-electron chi connectivity index (χ3n) is 3.57. The molecule has 1 aromatic heterocycles. The van der Waals surface area contributed by atoms with Gasteiger partial charge in [-0.15, -0.1) is 0 Å². The Morgan fingerprint density at radius 2 is 2.16 bits per heavy atom. The van der Waals surface area contributed by atoms with E-state index in [0.717, 1.165) is 6.54 Å². The van der Waals surface area contributed by atoms with Crippen molar-refractivity contribution in [2.45, 2.75) is 24.4 Å². The summed E-state index contributed by atoms with van der Waals surface area (Å²) in [6, 6.07) is 3.46. The Morgan fingerprint density at radius 3 is 2.68 bits per heavy atom. The van der Waals surface area contributed by atoms with Gasteiger partial charge in [-0.3, -0.25) is 4.98 Å². The molecule has 106 valence electrons. The molecule has 2 heterocycles. The lowest BCUT2D eigenvalue weighted by atomic mass is 10.2. The number of sulfonamides is 1. The summed E-state index contributed by atoms with van der Waals surface area (Å²) >= 11 is 0. The maximum atomic E-state index is 12.5. The zero-order chi connectivity index (χ0) is 14.0. The Labute approximate surface area is 114 Å². The quantitative estimate of drug-likeness (QED) is 0.836. The van der Waals surface area contributed by atoms with Crippen LogP contribution in [0.3, 0.4) is 0 Å². The smallest absolute Gasteiger partial charge is 0.244 e. The summed E-state index contributed by atoms with van der Waals surface area (Å²) in [7, 11) is -1.43. The average Bonchev–Trinajstić information content (AvgIpc) is 2.41. The van der Waals surface area contributed by atoms with Crippen molar-refractivity contribution in [3.05, 3.63) is 24.0 Å². The number of nitrogens with two attached hydrogens (primary N) is 1. The highest BCUT2D eigenvalue weighted by Crippen LogP contribution is 2.18. The second-order valence-electron chi connectivity index (χ2n) is 4.88. The molecule has 2 N–H and O–H groups in total. The highest BCUT2D eigenvalue weighted by molar-refractivity contribution is 7.89. The van der Waals surface area contributed by atoms with Gasteiger partial charge in [0.15, 0.2) is 0 Å². The van der Waals surface area contributed by atoms with Gasteiger partial charge in [-0.25, -0.2) is 8.42 Å². The summed E-state index contributed by atoms with van der Waals surface area (Å²) in [4.78, 5) is 6.44. The van der Waals surface area contributed by atoms with Crippen LogP contribution >= 0.6 is 0 Å². The molecule has 0 saturated carbocycles. The third kappa shape index (κ3) is 2.94. The molecule has 0 spiro atoms. The second-order valence-corrected chi connectivity index (χ2v) is 6.82. The van der Waals surface area contributed by atoms with Crippen molar-refractivity contribution < 1.29 is 8.42 Å². The molecular formula is C12H20N4O2S. The number of rotatable bonds is 3. The molecule has 1 saturated heterocycles. The highest BCUT2D eigenvalue weighted by atomic mass is 32.2. The number of hydrogen-bond acceptors (Lipinski definition) is 5. The van der Waals surface area contributed by atoms with E-state index in [9.17, 15) is 8.42 Å². The lowest BCUT2D eigenvalue weighted by Crippen LogP contribution is -2.51. The van der Waals surface area contributed by atoms with Crippen molar-refractivity contribution in [2.24, 2.45) is 5.73 Å².